The van der Waals surface area contributed by atoms with Crippen molar-refractivity contribution in [3.05, 3.63) is 59.2 Å². The van der Waals surface area contributed by atoms with Crippen LogP contribution in [0.4, 0.5) is 8.78 Å². The number of benzene rings is 2. The number of hydrogen-bond donors (Lipinski definition) is 0. The van der Waals surface area contributed by atoms with Crippen LogP contribution in [-0.2, 0) is 12.5 Å². The van der Waals surface area contributed by atoms with Gasteiger partial charge >= 0.3 is 0 Å². The average molecular weight is 299 g/mol. The third-order valence-electron chi connectivity index (χ3n) is 2.80. The summed E-state index contributed by atoms with van der Waals surface area (Å²) in [6, 6.07) is 8.39. The molecule has 2 aromatic rings. The van der Waals surface area contributed by atoms with Gasteiger partial charge in [-0.3, -0.25) is 0 Å². The van der Waals surface area contributed by atoms with Crippen LogP contribution in [0.2, 0.25) is 0 Å². The van der Waals surface area contributed by atoms with Crippen molar-refractivity contribution in [1.29, 1.82) is 0 Å². The van der Waals surface area contributed by atoms with Crippen LogP contribution in [0.1, 0.15) is 11.1 Å². The maximum atomic E-state index is 13.5. The topological polar surface area (TPSA) is 18.5 Å². The van der Waals surface area contributed by atoms with Gasteiger partial charge in [0.2, 0.25) is 0 Å². The molecule has 5 heteroatoms. The lowest BCUT2D eigenvalue weighted by molar-refractivity contribution is 0.296. The van der Waals surface area contributed by atoms with E-state index in [0.717, 1.165) is 23.8 Å². The Bertz CT molecular complexity index is 602. The summed E-state index contributed by atoms with van der Waals surface area (Å²) in [6.45, 7) is -0.0696. The SMILES string of the molecule is COc1ccc(OCc2cc(F)ccc2F)c(CCl)c1. The van der Waals surface area contributed by atoms with Gasteiger partial charge < -0.3 is 9.47 Å². The highest BCUT2D eigenvalue weighted by molar-refractivity contribution is 6.17. The molecule has 0 N–H and O–H groups in total. The van der Waals surface area contributed by atoms with E-state index in [1.165, 1.54) is 0 Å². The Hall–Kier alpha value is -1.81. The Kier molecular flexibility index (Phi) is 4.79. The van der Waals surface area contributed by atoms with Gasteiger partial charge in [0, 0.05) is 11.1 Å². The highest BCUT2D eigenvalue weighted by atomic mass is 35.5. The molecule has 2 aromatic carbocycles. The zero-order valence-electron chi connectivity index (χ0n) is 10.8. The molecule has 0 radical (unpaired) electrons. The number of halogens is 3. The molecule has 0 spiro atoms. The van der Waals surface area contributed by atoms with Crippen LogP contribution in [-0.4, -0.2) is 7.11 Å². The molecule has 2 nitrogen and oxygen atoms in total. The van der Waals surface area contributed by atoms with Gasteiger partial charge in [-0.25, -0.2) is 8.78 Å². The molecule has 20 heavy (non-hydrogen) atoms. The maximum Gasteiger partial charge on any atom is 0.130 e. The molecule has 0 heterocycles. The van der Waals surface area contributed by atoms with Crippen LogP contribution in [0.3, 0.4) is 0 Å². The fraction of sp³-hybridized carbons (Fsp3) is 0.200. The van der Waals surface area contributed by atoms with Crippen molar-refractivity contribution in [3.63, 3.8) is 0 Å². The summed E-state index contributed by atoms with van der Waals surface area (Å²) < 4.78 is 37.1. The average Bonchev–Trinajstić information content (AvgIpc) is 2.48. The molecular formula is C15H13ClF2O2. The standard InChI is InChI=1S/C15H13ClF2O2/c1-19-13-3-5-15(10(7-13)8-16)20-9-11-6-12(17)2-4-14(11)18/h2-7H,8-9H2,1H3. The van der Waals surface area contributed by atoms with Crippen LogP contribution in [0, 0.1) is 11.6 Å². The Morgan fingerprint density at radius 1 is 1.05 bits per heavy atom. The predicted octanol–water partition coefficient (Wildman–Crippen LogP) is 4.29. The highest BCUT2D eigenvalue weighted by Gasteiger charge is 2.08. The summed E-state index contributed by atoms with van der Waals surface area (Å²) in [5.74, 6) is 0.400. The molecule has 0 aromatic heterocycles. The van der Waals surface area contributed by atoms with E-state index in [9.17, 15) is 8.78 Å². The second kappa shape index (κ2) is 6.57. The van der Waals surface area contributed by atoms with E-state index in [2.05, 4.69) is 0 Å². The maximum absolute atomic E-state index is 13.5. The molecule has 0 aliphatic rings. The lowest BCUT2D eigenvalue weighted by Gasteiger charge is -2.12. The molecule has 106 valence electrons. The molecule has 0 unspecified atom stereocenters. The van der Waals surface area contributed by atoms with Crippen molar-refractivity contribution < 1.29 is 18.3 Å². The van der Waals surface area contributed by atoms with Crippen molar-refractivity contribution in [2.45, 2.75) is 12.5 Å². The summed E-state index contributed by atoms with van der Waals surface area (Å²) in [4.78, 5) is 0. The third kappa shape index (κ3) is 3.39. The first-order valence-corrected chi connectivity index (χ1v) is 6.47. The quantitative estimate of drug-likeness (QED) is 0.767. The van der Waals surface area contributed by atoms with Gasteiger partial charge in [-0.05, 0) is 36.4 Å². The number of ether oxygens (including phenoxy) is 2. The Morgan fingerprint density at radius 3 is 2.55 bits per heavy atom. The zero-order valence-corrected chi connectivity index (χ0v) is 11.6. The van der Waals surface area contributed by atoms with Crippen LogP contribution in [0.25, 0.3) is 0 Å². The van der Waals surface area contributed by atoms with Crippen molar-refractivity contribution in [2.75, 3.05) is 7.11 Å². The van der Waals surface area contributed by atoms with Crippen LogP contribution >= 0.6 is 11.6 Å². The zero-order chi connectivity index (χ0) is 14.5. The second-order valence-corrected chi connectivity index (χ2v) is 4.40. The van der Waals surface area contributed by atoms with E-state index in [0.29, 0.717) is 11.5 Å². The van der Waals surface area contributed by atoms with Gasteiger partial charge in [-0.2, -0.15) is 0 Å². The number of methoxy groups -OCH3 is 1. The van der Waals surface area contributed by atoms with Crippen LogP contribution < -0.4 is 9.47 Å². The largest absolute Gasteiger partial charge is 0.497 e. The molecule has 0 fully saturated rings. The fourth-order valence-corrected chi connectivity index (χ4v) is 1.95. The predicted molar refractivity (Wildman–Crippen MR) is 73.2 cm³/mol. The minimum absolute atomic E-state index is 0.0696. The minimum Gasteiger partial charge on any atom is -0.497 e. The molecule has 0 aliphatic heterocycles. The Morgan fingerprint density at radius 2 is 1.85 bits per heavy atom. The van der Waals surface area contributed by atoms with E-state index in [1.54, 1.807) is 25.3 Å². The molecule has 0 atom stereocenters. The molecule has 2 rings (SSSR count). The molecule has 0 aliphatic carbocycles. The minimum atomic E-state index is -0.507. The fourth-order valence-electron chi connectivity index (χ4n) is 1.74. The Balaban J connectivity index is 2.16. The normalized spacial score (nSPS) is 10.4. The van der Waals surface area contributed by atoms with Crippen molar-refractivity contribution in [3.8, 4) is 11.5 Å². The van der Waals surface area contributed by atoms with Crippen molar-refractivity contribution in [2.24, 2.45) is 0 Å². The molecule has 0 saturated carbocycles. The Labute approximate surface area is 120 Å². The van der Waals surface area contributed by atoms with Gasteiger partial charge in [0.1, 0.15) is 29.7 Å². The summed E-state index contributed by atoms with van der Waals surface area (Å²) in [5.41, 5.74) is 0.879. The van der Waals surface area contributed by atoms with E-state index < -0.39 is 11.6 Å². The van der Waals surface area contributed by atoms with Gasteiger partial charge in [0.15, 0.2) is 0 Å². The number of hydrogen-bond acceptors (Lipinski definition) is 2. The highest BCUT2D eigenvalue weighted by Crippen LogP contribution is 2.26. The molecule has 0 bridgehead atoms. The third-order valence-corrected chi connectivity index (χ3v) is 3.09. The summed E-state index contributed by atoms with van der Waals surface area (Å²) in [6.07, 6.45) is 0. The van der Waals surface area contributed by atoms with Gasteiger partial charge in [0.05, 0.1) is 13.0 Å². The summed E-state index contributed by atoms with van der Waals surface area (Å²) >= 11 is 5.83. The lowest BCUT2D eigenvalue weighted by Crippen LogP contribution is -2.01. The molecular weight excluding hydrogens is 286 g/mol. The molecule has 0 amide bonds. The lowest BCUT2D eigenvalue weighted by atomic mass is 10.2. The second-order valence-electron chi connectivity index (χ2n) is 4.13. The molecule has 0 saturated heterocycles. The van der Waals surface area contributed by atoms with Crippen LogP contribution in [0.15, 0.2) is 36.4 Å². The van der Waals surface area contributed by atoms with E-state index in [-0.39, 0.29) is 18.1 Å². The summed E-state index contributed by atoms with van der Waals surface area (Å²) in [5, 5.41) is 0. The van der Waals surface area contributed by atoms with Gasteiger partial charge in [-0.1, -0.05) is 0 Å². The smallest absolute Gasteiger partial charge is 0.130 e. The van der Waals surface area contributed by atoms with Gasteiger partial charge in [-0.15, -0.1) is 11.6 Å². The summed E-state index contributed by atoms with van der Waals surface area (Å²) in [7, 11) is 1.55. The van der Waals surface area contributed by atoms with E-state index >= 15 is 0 Å². The van der Waals surface area contributed by atoms with Crippen molar-refractivity contribution in [1.82, 2.24) is 0 Å². The van der Waals surface area contributed by atoms with Crippen molar-refractivity contribution >= 4 is 11.6 Å². The first-order chi connectivity index (χ1) is 9.63. The first kappa shape index (κ1) is 14.6. The van der Waals surface area contributed by atoms with Gasteiger partial charge in [0.25, 0.3) is 0 Å². The van der Waals surface area contributed by atoms with E-state index in [1.807, 2.05) is 0 Å². The van der Waals surface area contributed by atoms with E-state index in [4.69, 9.17) is 21.1 Å². The monoisotopic (exact) mass is 298 g/mol. The number of alkyl halides is 1. The van der Waals surface area contributed by atoms with Crippen LogP contribution in [0.5, 0.6) is 11.5 Å². The first-order valence-electron chi connectivity index (χ1n) is 5.93. The number of rotatable bonds is 5.